The van der Waals surface area contributed by atoms with Gasteiger partial charge in [0, 0.05) is 6.20 Å². The summed E-state index contributed by atoms with van der Waals surface area (Å²) in [6.07, 6.45) is 1.33. The quantitative estimate of drug-likeness (QED) is 0.461. The van der Waals surface area contributed by atoms with Crippen LogP contribution in [0.4, 0.5) is 5.95 Å². The highest BCUT2D eigenvalue weighted by Gasteiger charge is 2.30. The predicted octanol–water partition coefficient (Wildman–Crippen LogP) is 2.93. The zero-order chi connectivity index (χ0) is 21.4. The smallest absolute Gasteiger partial charge is 0.267 e. The number of rotatable bonds is 3. The van der Waals surface area contributed by atoms with Gasteiger partial charge in [-0.3, -0.25) is 19.1 Å². The van der Waals surface area contributed by atoms with Crippen LogP contribution in [0, 0.1) is 0 Å². The molecule has 1 aliphatic heterocycles. The largest absolute Gasteiger partial charge is 0.475 e. The maximum atomic E-state index is 13.4. The van der Waals surface area contributed by atoms with Crippen LogP contribution in [0.5, 0.6) is 5.88 Å². The first-order chi connectivity index (χ1) is 15.1. The monoisotopic (exact) mass is 433 g/mol. The van der Waals surface area contributed by atoms with Gasteiger partial charge < -0.3 is 4.74 Å². The van der Waals surface area contributed by atoms with Crippen molar-refractivity contribution in [2.24, 2.45) is 0 Å². The topological polar surface area (TPSA) is 90.2 Å². The second-order valence-corrected chi connectivity index (χ2v) is 7.31. The average Bonchev–Trinajstić information content (AvgIpc) is 2.94. The van der Waals surface area contributed by atoms with Crippen LogP contribution in [0.2, 0.25) is 5.28 Å². The zero-order valence-electron chi connectivity index (χ0n) is 16.2. The molecule has 0 saturated heterocycles. The molecule has 0 bridgehead atoms. The number of benzene rings is 2. The standard InChI is InChI=1S/C22H16ClN5O3/c23-21-24-12-16-18(26-21)31-11-10-27(20(16)30)22-25-17-9-5-4-8-15(17)19(29)28(22)13-14-6-2-1-3-7-14/h1-9,12H,10-11,13H2. The third-order valence-electron chi connectivity index (χ3n) is 5.02. The van der Waals surface area contributed by atoms with Crippen molar-refractivity contribution in [2.45, 2.75) is 6.54 Å². The van der Waals surface area contributed by atoms with E-state index in [9.17, 15) is 9.59 Å². The Balaban J connectivity index is 1.69. The van der Waals surface area contributed by atoms with E-state index in [-0.39, 0.29) is 47.9 Å². The maximum Gasteiger partial charge on any atom is 0.267 e. The third-order valence-corrected chi connectivity index (χ3v) is 5.20. The van der Waals surface area contributed by atoms with Gasteiger partial charge in [0.2, 0.25) is 17.1 Å². The second kappa shape index (κ2) is 7.81. The summed E-state index contributed by atoms with van der Waals surface area (Å²) < 4.78 is 7.13. The van der Waals surface area contributed by atoms with E-state index in [0.29, 0.717) is 10.9 Å². The van der Waals surface area contributed by atoms with Crippen molar-refractivity contribution < 1.29 is 9.53 Å². The number of halogens is 1. The second-order valence-electron chi connectivity index (χ2n) is 6.97. The number of para-hydroxylation sites is 1. The van der Waals surface area contributed by atoms with Gasteiger partial charge in [0.15, 0.2) is 0 Å². The summed E-state index contributed by atoms with van der Waals surface area (Å²) in [7, 11) is 0. The van der Waals surface area contributed by atoms with Crippen LogP contribution < -0.4 is 15.2 Å². The molecule has 4 aromatic rings. The van der Waals surface area contributed by atoms with Crippen LogP contribution in [0.1, 0.15) is 15.9 Å². The fourth-order valence-electron chi connectivity index (χ4n) is 3.54. The van der Waals surface area contributed by atoms with Gasteiger partial charge in [0.25, 0.3) is 11.5 Å². The SMILES string of the molecule is O=C1c2cnc(Cl)nc2OCCN1c1nc2ccccc2c(=O)n1Cc1ccccc1. The van der Waals surface area contributed by atoms with Crippen LogP contribution in [-0.4, -0.2) is 38.6 Å². The van der Waals surface area contributed by atoms with Gasteiger partial charge in [-0.2, -0.15) is 4.98 Å². The molecule has 154 valence electrons. The minimum absolute atomic E-state index is 0.00943. The van der Waals surface area contributed by atoms with E-state index in [4.69, 9.17) is 16.3 Å². The number of fused-ring (bicyclic) bond motifs is 2. The summed E-state index contributed by atoms with van der Waals surface area (Å²) in [5.74, 6) is -0.0534. The zero-order valence-corrected chi connectivity index (χ0v) is 17.0. The fraction of sp³-hybridized carbons (Fsp3) is 0.136. The van der Waals surface area contributed by atoms with Gasteiger partial charge in [-0.05, 0) is 29.3 Å². The molecule has 0 saturated carbocycles. The van der Waals surface area contributed by atoms with Crippen LogP contribution in [0.15, 0.2) is 65.6 Å². The average molecular weight is 434 g/mol. The van der Waals surface area contributed by atoms with Crippen LogP contribution in [-0.2, 0) is 6.54 Å². The lowest BCUT2D eigenvalue weighted by Crippen LogP contribution is -2.38. The normalized spacial score (nSPS) is 13.6. The lowest BCUT2D eigenvalue weighted by Gasteiger charge is -2.23. The first kappa shape index (κ1) is 19.2. The van der Waals surface area contributed by atoms with Crippen LogP contribution in [0.3, 0.4) is 0 Å². The molecule has 0 aliphatic carbocycles. The van der Waals surface area contributed by atoms with Gasteiger partial charge >= 0.3 is 0 Å². The van der Waals surface area contributed by atoms with Gasteiger partial charge in [0.05, 0.1) is 24.0 Å². The molecule has 0 unspecified atom stereocenters. The number of hydrogen-bond donors (Lipinski definition) is 0. The Morgan fingerprint density at radius 1 is 1.00 bits per heavy atom. The molecule has 1 amide bonds. The van der Waals surface area contributed by atoms with Crippen LogP contribution >= 0.6 is 11.6 Å². The highest BCUT2D eigenvalue weighted by molar-refractivity contribution is 6.28. The maximum absolute atomic E-state index is 13.4. The van der Waals surface area contributed by atoms with Gasteiger partial charge in [-0.15, -0.1) is 0 Å². The molecule has 1 aliphatic rings. The Morgan fingerprint density at radius 2 is 1.77 bits per heavy atom. The number of aromatic nitrogens is 4. The number of ether oxygens (including phenoxy) is 1. The number of nitrogens with zero attached hydrogens (tertiary/aromatic N) is 5. The highest BCUT2D eigenvalue weighted by Crippen LogP contribution is 2.25. The van der Waals surface area contributed by atoms with E-state index in [1.165, 1.54) is 15.7 Å². The van der Waals surface area contributed by atoms with Crippen molar-refractivity contribution in [3.8, 4) is 5.88 Å². The van der Waals surface area contributed by atoms with Crippen molar-refractivity contribution in [1.29, 1.82) is 0 Å². The number of carbonyl (C=O) groups is 1. The Morgan fingerprint density at radius 3 is 2.61 bits per heavy atom. The number of carbonyl (C=O) groups excluding carboxylic acids is 1. The van der Waals surface area contributed by atoms with E-state index in [1.54, 1.807) is 24.3 Å². The third kappa shape index (κ3) is 3.51. The highest BCUT2D eigenvalue weighted by atomic mass is 35.5. The molecule has 0 spiro atoms. The lowest BCUT2D eigenvalue weighted by atomic mass is 10.2. The fourth-order valence-corrected chi connectivity index (χ4v) is 3.67. The first-order valence-corrected chi connectivity index (χ1v) is 10.0. The Hall–Kier alpha value is -3.78. The van der Waals surface area contributed by atoms with Gasteiger partial charge in [0.1, 0.15) is 12.2 Å². The summed E-state index contributed by atoms with van der Waals surface area (Å²) in [6.45, 7) is 0.619. The Labute approximate surface area is 181 Å². The molecule has 0 radical (unpaired) electrons. The minimum atomic E-state index is -0.409. The van der Waals surface area contributed by atoms with Crippen molar-refractivity contribution in [1.82, 2.24) is 19.5 Å². The van der Waals surface area contributed by atoms with E-state index < -0.39 is 5.91 Å². The van der Waals surface area contributed by atoms with Crippen molar-refractivity contribution in [3.05, 3.63) is 87.6 Å². The van der Waals surface area contributed by atoms with Gasteiger partial charge in [-0.1, -0.05) is 42.5 Å². The molecular formula is C22H16ClN5O3. The number of anilines is 1. The van der Waals surface area contributed by atoms with E-state index >= 15 is 0 Å². The van der Waals surface area contributed by atoms with Gasteiger partial charge in [-0.25, -0.2) is 9.97 Å². The predicted molar refractivity (Wildman–Crippen MR) is 116 cm³/mol. The summed E-state index contributed by atoms with van der Waals surface area (Å²) in [5.41, 5.74) is 1.36. The van der Waals surface area contributed by atoms with Crippen molar-refractivity contribution in [2.75, 3.05) is 18.1 Å². The van der Waals surface area contributed by atoms with Crippen molar-refractivity contribution >= 4 is 34.4 Å². The minimum Gasteiger partial charge on any atom is -0.475 e. The molecular weight excluding hydrogens is 418 g/mol. The molecule has 8 nitrogen and oxygen atoms in total. The van der Waals surface area contributed by atoms with E-state index in [1.807, 2.05) is 30.3 Å². The molecule has 31 heavy (non-hydrogen) atoms. The Kier molecular flexibility index (Phi) is 4.83. The first-order valence-electron chi connectivity index (χ1n) is 9.62. The number of hydrogen-bond acceptors (Lipinski definition) is 6. The molecule has 0 fully saturated rings. The molecule has 3 heterocycles. The summed E-state index contributed by atoms with van der Waals surface area (Å²) in [6, 6.07) is 16.6. The molecule has 2 aromatic carbocycles. The summed E-state index contributed by atoms with van der Waals surface area (Å²) in [4.78, 5) is 40.8. The van der Waals surface area contributed by atoms with Crippen LogP contribution in [0.25, 0.3) is 10.9 Å². The molecule has 0 N–H and O–H groups in total. The summed E-state index contributed by atoms with van der Waals surface area (Å²) >= 11 is 5.85. The molecule has 9 heteroatoms. The molecule has 5 rings (SSSR count). The summed E-state index contributed by atoms with van der Waals surface area (Å²) in [5, 5.41) is 0.473. The molecule has 2 aromatic heterocycles. The van der Waals surface area contributed by atoms with E-state index in [0.717, 1.165) is 5.56 Å². The Bertz CT molecular complexity index is 1360. The van der Waals surface area contributed by atoms with E-state index in [2.05, 4.69) is 15.0 Å². The number of amides is 1. The lowest BCUT2D eigenvalue weighted by molar-refractivity contribution is 0.0986. The molecule has 0 atom stereocenters. The van der Waals surface area contributed by atoms with Crippen molar-refractivity contribution in [3.63, 3.8) is 0 Å².